The van der Waals surface area contributed by atoms with Crippen molar-refractivity contribution in [2.24, 2.45) is 0 Å². The van der Waals surface area contributed by atoms with Gasteiger partial charge in [-0.1, -0.05) is 0 Å². The molecular formula is C8H4F5NO3. The van der Waals surface area contributed by atoms with Gasteiger partial charge >= 0.3 is 6.36 Å². The number of nitrogens with zero attached hydrogens (tertiary/aromatic N) is 1. The number of benzene rings is 1. The molecule has 0 heterocycles. The Labute approximate surface area is 90.8 Å². The SMILES string of the molecule is O=[N+]([O-])c1cc(OC(F)(F)F)ccc1C(F)F. The van der Waals surface area contributed by atoms with Crippen LogP contribution in [-0.4, -0.2) is 11.3 Å². The van der Waals surface area contributed by atoms with Crippen LogP contribution in [0.25, 0.3) is 0 Å². The van der Waals surface area contributed by atoms with Crippen LogP contribution in [0, 0.1) is 10.1 Å². The first-order valence-corrected chi connectivity index (χ1v) is 4.03. The number of ether oxygens (including phenoxy) is 1. The summed E-state index contributed by atoms with van der Waals surface area (Å²) in [5.74, 6) is -0.923. The maximum Gasteiger partial charge on any atom is 0.573 e. The number of nitro benzene ring substituents is 1. The van der Waals surface area contributed by atoms with E-state index in [1.165, 1.54) is 0 Å². The van der Waals surface area contributed by atoms with Crippen molar-refractivity contribution in [2.75, 3.05) is 0 Å². The molecule has 0 N–H and O–H groups in total. The number of nitro groups is 1. The zero-order valence-electron chi connectivity index (χ0n) is 7.87. The van der Waals surface area contributed by atoms with Gasteiger partial charge in [0.1, 0.15) is 5.75 Å². The Morgan fingerprint density at radius 2 is 1.88 bits per heavy atom. The molecule has 9 heteroatoms. The van der Waals surface area contributed by atoms with Crippen LogP contribution < -0.4 is 4.74 Å². The van der Waals surface area contributed by atoms with E-state index >= 15 is 0 Å². The minimum atomic E-state index is -5.04. The van der Waals surface area contributed by atoms with Gasteiger partial charge in [0.25, 0.3) is 12.1 Å². The van der Waals surface area contributed by atoms with Gasteiger partial charge in [-0.3, -0.25) is 10.1 Å². The molecule has 1 rings (SSSR count). The van der Waals surface area contributed by atoms with E-state index in [2.05, 4.69) is 4.74 Å². The highest BCUT2D eigenvalue weighted by molar-refractivity contribution is 5.46. The van der Waals surface area contributed by atoms with Crippen LogP contribution in [0.1, 0.15) is 12.0 Å². The fraction of sp³-hybridized carbons (Fsp3) is 0.250. The highest BCUT2D eigenvalue weighted by Crippen LogP contribution is 2.33. The second-order valence-electron chi connectivity index (χ2n) is 2.83. The van der Waals surface area contributed by atoms with Crippen molar-refractivity contribution in [1.82, 2.24) is 0 Å². The summed E-state index contributed by atoms with van der Waals surface area (Å²) in [6.07, 6.45) is -8.20. The second-order valence-corrected chi connectivity index (χ2v) is 2.83. The summed E-state index contributed by atoms with van der Waals surface area (Å²) in [4.78, 5) is 9.18. The third-order valence-corrected chi connectivity index (χ3v) is 1.67. The van der Waals surface area contributed by atoms with Crippen molar-refractivity contribution in [3.8, 4) is 5.75 Å². The number of hydrogen-bond donors (Lipinski definition) is 0. The third kappa shape index (κ3) is 3.54. The fourth-order valence-electron chi connectivity index (χ4n) is 1.06. The van der Waals surface area contributed by atoms with Gasteiger partial charge < -0.3 is 4.74 Å². The molecule has 1 aromatic rings. The molecule has 0 fully saturated rings. The van der Waals surface area contributed by atoms with Crippen molar-refractivity contribution < 1.29 is 31.6 Å². The monoisotopic (exact) mass is 257 g/mol. The van der Waals surface area contributed by atoms with Gasteiger partial charge in [0.05, 0.1) is 16.6 Å². The molecule has 0 aliphatic carbocycles. The highest BCUT2D eigenvalue weighted by atomic mass is 19.4. The third-order valence-electron chi connectivity index (χ3n) is 1.67. The van der Waals surface area contributed by atoms with E-state index in [4.69, 9.17) is 0 Å². The summed E-state index contributed by atoms with van der Waals surface area (Å²) in [5, 5.41) is 10.4. The lowest BCUT2D eigenvalue weighted by atomic mass is 10.2. The molecule has 0 saturated heterocycles. The predicted octanol–water partition coefficient (Wildman–Crippen LogP) is 3.43. The Bertz CT molecular complexity index is 432. The number of hydrogen-bond acceptors (Lipinski definition) is 3. The first kappa shape index (κ1) is 13.1. The zero-order valence-corrected chi connectivity index (χ0v) is 7.87. The van der Waals surface area contributed by atoms with E-state index in [-0.39, 0.29) is 0 Å². The van der Waals surface area contributed by atoms with Crippen LogP contribution in [-0.2, 0) is 0 Å². The smallest absolute Gasteiger partial charge is 0.406 e. The molecule has 94 valence electrons. The van der Waals surface area contributed by atoms with E-state index in [0.717, 1.165) is 0 Å². The Kier molecular flexibility index (Phi) is 3.49. The van der Waals surface area contributed by atoms with Crippen LogP contribution in [0.5, 0.6) is 5.75 Å². The van der Waals surface area contributed by atoms with E-state index in [1.807, 2.05) is 0 Å². The van der Waals surface area contributed by atoms with Crippen molar-refractivity contribution >= 4 is 5.69 Å². The van der Waals surface area contributed by atoms with E-state index < -0.39 is 34.7 Å². The number of alkyl halides is 5. The van der Waals surface area contributed by atoms with Gasteiger partial charge in [0.2, 0.25) is 0 Å². The van der Waals surface area contributed by atoms with Crippen molar-refractivity contribution in [2.45, 2.75) is 12.8 Å². The summed E-state index contributed by atoms with van der Waals surface area (Å²) in [6.45, 7) is 0. The average molecular weight is 257 g/mol. The van der Waals surface area contributed by atoms with Crippen molar-refractivity contribution in [3.05, 3.63) is 33.9 Å². The molecule has 0 aliphatic rings. The molecular weight excluding hydrogens is 253 g/mol. The maximum absolute atomic E-state index is 12.3. The number of rotatable bonds is 3. The average Bonchev–Trinajstić information content (AvgIpc) is 2.14. The normalized spacial score (nSPS) is 11.6. The first-order chi connectivity index (χ1) is 7.70. The lowest BCUT2D eigenvalue weighted by Gasteiger charge is -2.09. The molecule has 0 atom stereocenters. The van der Waals surface area contributed by atoms with Crippen LogP contribution in [0.2, 0.25) is 0 Å². The van der Waals surface area contributed by atoms with Crippen LogP contribution >= 0.6 is 0 Å². The van der Waals surface area contributed by atoms with Gasteiger partial charge in [-0.15, -0.1) is 13.2 Å². The largest absolute Gasteiger partial charge is 0.573 e. The second kappa shape index (κ2) is 4.52. The van der Waals surface area contributed by atoms with E-state index in [9.17, 15) is 32.1 Å². The summed E-state index contributed by atoms with van der Waals surface area (Å²) in [5.41, 5.74) is -2.09. The molecule has 0 saturated carbocycles. The molecule has 0 unspecified atom stereocenters. The standard InChI is InChI=1S/C8H4F5NO3/c9-7(10)5-2-1-4(17-8(11,12)13)3-6(5)14(15)16/h1-3,7H. The van der Waals surface area contributed by atoms with Gasteiger partial charge in [0, 0.05) is 0 Å². The maximum atomic E-state index is 12.3. The number of halogens is 5. The Balaban J connectivity index is 3.15. The Morgan fingerprint density at radius 1 is 1.29 bits per heavy atom. The van der Waals surface area contributed by atoms with Crippen molar-refractivity contribution in [1.29, 1.82) is 0 Å². The molecule has 0 spiro atoms. The minimum Gasteiger partial charge on any atom is -0.406 e. The van der Waals surface area contributed by atoms with E-state index in [1.54, 1.807) is 0 Å². The van der Waals surface area contributed by atoms with Gasteiger partial charge in [-0.25, -0.2) is 8.78 Å². The predicted molar refractivity (Wildman–Crippen MR) is 44.7 cm³/mol. The van der Waals surface area contributed by atoms with Crippen LogP contribution in [0.3, 0.4) is 0 Å². The fourth-order valence-corrected chi connectivity index (χ4v) is 1.06. The Hall–Kier alpha value is -1.93. The van der Waals surface area contributed by atoms with Gasteiger partial charge in [-0.05, 0) is 12.1 Å². The summed E-state index contributed by atoms with van der Waals surface area (Å²) < 4.78 is 63.3. The molecule has 4 nitrogen and oxygen atoms in total. The minimum absolute atomic E-state index is 0.301. The molecule has 17 heavy (non-hydrogen) atoms. The topological polar surface area (TPSA) is 52.4 Å². The lowest BCUT2D eigenvalue weighted by Crippen LogP contribution is -2.17. The van der Waals surface area contributed by atoms with Crippen LogP contribution in [0.4, 0.5) is 27.6 Å². The van der Waals surface area contributed by atoms with Gasteiger partial charge in [-0.2, -0.15) is 0 Å². The zero-order chi connectivity index (χ0) is 13.2. The molecule has 1 aromatic carbocycles. The molecule has 0 aliphatic heterocycles. The first-order valence-electron chi connectivity index (χ1n) is 4.03. The summed E-state index contributed by atoms with van der Waals surface area (Å²) in [7, 11) is 0. The quantitative estimate of drug-likeness (QED) is 0.473. The van der Waals surface area contributed by atoms with E-state index in [0.29, 0.717) is 18.2 Å². The molecule has 0 amide bonds. The van der Waals surface area contributed by atoms with Gasteiger partial charge in [0.15, 0.2) is 0 Å². The highest BCUT2D eigenvalue weighted by Gasteiger charge is 2.32. The van der Waals surface area contributed by atoms with Crippen molar-refractivity contribution in [3.63, 3.8) is 0 Å². The lowest BCUT2D eigenvalue weighted by molar-refractivity contribution is -0.386. The van der Waals surface area contributed by atoms with Crippen LogP contribution in [0.15, 0.2) is 18.2 Å². The molecule has 0 aromatic heterocycles. The Morgan fingerprint density at radius 3 is 2.29 bits per heavy atom. The summed E-state index contributed by atoms with van der Waals surface area (Å²) in [6, 6.07) is 1.40. The molecule has 0 radical (unpaired) electrons. The molecule has 0 bridgehead atoms. The summed E-state index contributed by atoms with van der Waals surface area (Å²) >= 11 is 0.